The van der Waals surface area contributed by atoms with Gasteiger partial charge in [0.15, 0.2) is 0 Å². The van der Waals surface area contributed by atoms with Gasteiger partial charge in [-0.05, 0) is 27.7 Å². The first-order chi connectivity index (χ1) is 5.37. The number of hydrogen-bond donors (Lipinski definition) is 1. The zero-order chi connectivity index (χ0) is 9.78. The maximum absolute atomic E-state index is 11.2. The van der Waals surface area contributed by atoms with Gasteiger partial charge in [-0.15, -0.1) is 0 Å². The van der Waals surface area contributed by atoms with E-state index >= 15 is 0 Å². The molecule has 0 bridgehead atoms. The van der Waals surface area contributed by atoms with E-state index in [9.17, 15) is 4.79 Å². The minimum atomic E-state index is -0.557. The van der Waals surface area contributed by atoms with Crippen LogP contribution >= 0.6 is 0 Å². The molecule has 0 saturated heterocycles. The van der Waals surface area contributed by atoms with Crippen LogP contribution in [0.1, 0.15) is 34.1 Å². The van der Waals surface area contributed by atoms with Crippen LogP contribution in [-0.4, -0.2) is 11.9 Å². The van der Waals surface area contributed by atoms with Crippen LogP contribution < -0.4 is 5.32 Å². The predicted octanol–water partition coefficient (Wildman–Crippen LogP) is 1.45. The topological polar surface area (TPSA) is 52.9 Å². The highest BCUT2D eigenvalue weighted by Gasteiger charge is 2.21. The Morgan fingerprint density at radius 2 is 2.08 bits per heavy atom. The highest BCUT2D eigenvalue weighted by Crippen LogP contribution is 2.17. The van der Waals surface area contributed by atoms with Crippen LogP contribution in [0.5, 0.6) is 0 Å². The number of nitrogens with zero attached hydrogens (tertiary/aromatic N) is 1. The first kappa shape index (κ1) is 11.0. The lowest BCUT2D eigenvalue weighted by molar-refractivity contribution is -0.122. The number of carbonyl (C=O) groups is 1. The fourth-order valence-corrected chi connectivity index (χ4v) is 0.814. The second-order valence-corrected chi connectivity index (χ2v) is 3.89. The van der Waals surface area contributed by atoms with Crippen LogP contribution in [0.2, 0.25) is 0 Å². The first-order valence-corrected chi connectivity index (χ1v) is 4.08. The normalized spacial score (nSPS) is 11.0. The fourth-order valence-electron chi connectivity index (χ4n) is 0.814. The molecule has 0 heterocycles. The van der Waals surface area contributed by atoms with Gasteiger partial charge in [0.2, 0.25) is 5.91 Å². The summed E-state index contributed by atoms with van der Waals surface area (Å²) >= 11 is 0. The quantitative estimate of drug-likeness (QED) is 0.693. The van der Waals surface area contributed by atoms with Crippen LogP contribution in [0, 0.1) is 16.7 Å². The molecule has 0 aromatic carbocycles. The lowest BCUT2D eigenvalue weighted by atomic mass is 9.91. The van der Waals surface area contributed by atoms with Crippen molar-refractivity contribution >= 4 is 5.91 Å². The highest BCUT2D eigenvalue weighted by molar-refractivity contribution is 5.77. The van der Waals surface area contributed by atoms with Crippen molar-refractivity contribution in [1.82, 2.24) is 5.32 Å². The maximum Gasteiger partial charge on any atom is 0.221 e. The van der Waals surface area contributed by atoms with E-state index in [2.05, 4.69) is 11.4 Å². The van der Waals surface area contributed by atoms with Crippen molar-refractivity contribution in [3.05, 3.63) is 0 Å². The van der Waals surface area contributed by atoms with Crippen molar-refractivity contribution in [3.8, 4) is 6.07 Å². The molecule has 3 nitrogen and oxygen atoms in total. The van der Waals surface area contributed by atoms with Gasteiger partial charge in [-0.2, -0.15) is 5.26 Å². The van der Waals surface area contributed by atoms with E-state index in [1.54, 1.807) is 13.8 Å². The maximum atomic E-state index is 11.2. The summed E-state index contributed by atoms with van der Waals surface area (Å²) in [7, 11) is 0. The molecule has 0 aliphatic heterocycles. The summed E-state index contributed by atoms with van der Waals surface area (Å²) in [6.07, 6.45) is 0.266. The third-order valence-corrected chi connectivity index (χ3v) is 1.35. The third-order valence-electron chi connectivity index (χ3n) is 1.35. The molecule has 12 heavy (non-hydrogen) atoms. The molecule has 0 aliphatic rings. The van der Waals surface area contributed by atoms with Gasteiger partial charge < -0.3 is 5.32 Å². The molecule has 1 amide bonds. The molecule has 0 spiro atoms. The summed E-state index contributed by atoms with van der Waals surface area (Å²) in [4.78, 5) is 11.2. The average Bonchev–Trinajstić information content (AvgIpc) is 1.84. The Bertz CT molecular complexity index is 201. The summed E-state index contributed by atoms with van der Waals surface area (Å²) in [5.74, 6) is -0.0587. The number of nitriles is 1. The van der Waals surface area contributed by atoms with Gasteiger partial charge in [0.1, 0.15) is 0 Å². The standard InChI is InChI=1S/C9H16N2O/c1-7(2)11-8(12)5-9(3,4)6-10/h7H,5H2,1-4H3,(H,11,12). The fraction of sp³-hybridized carbons (Fsp3) is 0.778. The van der Waals surface area contributed by atoms with E-state index in [4.69, 9.17) is 5.26 Å². The van der Waals surface area contributed by atoms with E-state index in [1.807, 2.05) is 13.8 Å². The van der Waals surface area contributed by atoms with Crippen molar-refractivity contribution < 1.29 is 4.79 Å². The number of nitrogens with one attached hydrogen (secondary N) is 1. The first-order valence-electron chi connectivity index (χ1n) is 4.08. The Balaban J connectivity index is 3.95. The molecule has 3 heteroatoms. The molecule has 0 rings (SSSR count). The average molecular weight is 168 g/mol. The monoisotopic (exact) mass is 168 g/mol. The molecule has 0 atom stereocenters. The number of carbonyl (C=O) groups excluding carboxylic acids is 1. The molecule has 1 N–H and O–H groups in total. The van der Waals surface area contributed by atoms with Gasteiger partial charge in [-0.1, -0.05) is 0 Å². The van der Waals surface area contributed by atoms with Crippen LogP contribution in [0.25, 0.3) is 0 Å². The Morgan fingerprint density at radius 1 is 1.58 bits per heavy atom. The summed E-state index contributed by atoms with van der Waals surface area (Å²) in [6.45, 7) is 7.31. The minimum absolute atomic E-state index is 0.0587. The van der Waals surface area contributed by atoms with Crippen molar-refractivity contribution in [2.24, 2.45) is 5.41 Å². The molecular weight excluding hydrogens is 152 g/mol. The van der Waals surface area contributed by atoms with Crippen LogP contribution in [0.15, 0.2) is 0 Å². The van der Waals surface area contributed by atoms with Crippen molar-refractivity contribution in [2.45, 2.75) is 40.2 Å². The van der Waals surface area contributed by atoms with Gasteiger partial charge in [-0.25, -0.2) is 0 Å². The zero-order valence-corrected chi connectivity index (χ0v) is 8.14. The van der Waals surface area contributed by atoms with Gasteiger partial charge in [0.05, 0.1) is 11.5 Å². The molecule has 68 valence electrons. The van der Waals surface area contributed by atoms with Crippen LogP contribution in [0.4, 0.5) is 0 Å². The van der Waals surface area contributed by atoms with Gasteiger partial charge in [-0.3, -0.25) is 4.79 Å². The van der Waals surface area contributed by atoms with E-state index in [0.29, 0.717) is 0 Å². The molecule has 0 saturated carbocycles. The van der Waals surface area contributed by atoms with Gasteiger partial charge >= 0.3 is 0 Å². The molecule has 0 radical (unpaired) electrons. The van der Waals surface area contributed by atoms with E-state index in [-0.39, 0.29) is 18.4 Å². The third kappa shape index (κ3) is 4.73. The van der Waals surface area contributed by atoms with Crippen molar-refractivity contribution in [3.63, 3.8) is 0 Å². The Kier molecular flexibility index (Phi) is 3.75. The van der Waals surface area contributed by atoms with E-state index in [1.165, 1.54) is 0 Å². The molecule has 0 aromatic rings. The predicted molar refractivity (Wildman–Crippen MR) is 47.3 cm³/mol. The molecule has 0 unspecified atom stereocenters. The largest absolute Gasteiger partial charge is 0.354 e. The lowest BCUT2D eigenvalue weighted by Gasteiger charge is -2.15. The number of hydrogen-bond acceptors (Lipinski definition) is 2. The Morgan fingerprint density at radius 3 is 2.42 bits per heavy atom. The summed E-state index contributed by atoms with van der Waals surface area (Å²) in [6, 6.07) is 2.23. The summed E-state index contributed by atoms with van der Waals surface area (Å²) in [5.41, 5.74) is -0.557. The van der Waals surface area contributed by atoms with Crippen molar-refractivity contribution in [1.29, 1.82) is 5.26 Å². The second kappa shape index (κ2) is 4.10. The lowest BCUT2D eigenvalue weighted by Crippen LogP contribution is -2.33. The minimum Gasteiger partial charge on any atom is -0.354 e. The van der Waals surface area contributed by atoms with Crippen LogP contribution in [-0.2, 0) is 4.79 Å². The Hall–Kier alpha value is -1.04. The molecule has 0 aliphatic carbocycles. The smallest absolute Gasteiger partial charge is 0.221 e. The van der Waals surface area contributed by atoms with Gasteiger partial charge in [0, 0.05) is 12.5 Å². The molecule has 0 fully saturated rings. The number of rotatable bonds is 3. The SMILES string of the molecule is CC(C)NC(=O)CC(C)(C)C#N. The van der Waals surface area contributed by atoms with E-state index in [0.717, 1.165) is 0 Å². The van der Waals surface area contributed by atoms with Crippen molar-refractivity contribution in [2.75, 3.05) is 0 Å². The molecule has 0 aromatic heterocycles. The molecular formula is C9H16N2O. The van der Waals surface area contributed by atoms with Crippen LogP contribution in [0.3, 0.4) is 0 Å². The number of amides is 1. The second-order valence-electron chi connectivity index (χ2n) is 3.89. The van der Waals surface area contributed by atoms with Gasteiger partial charge in [0.25, 0.3) is 0 Å². The summed E-state index contributed by atoms with van der Waals surface area (Å²) in [5, 5.41) is 11.4. The Labute approximate surface area is 73.8 Å². The zero-order valence-electron chi connectivity index (χ0n) is 8.14. The van der Waals surface area contributed by atoms with E-state index < -0.39 is 5.41 Å². The highest BCUT2D eigenvalue weighted by atomic mass is 16.1. The summed E-state index contributed by atoms with van der Waals surface area (Å²) < 4.78 is 0.